The predicted molar refractivity (Wildman–Crippen MR) is 212 cm³/mol. The number of carbonyl (C=O) groups is 2. The second-order valence-corrected chi connectivity index (χ2v) is 15.1. The summed E-state index contributed by atoms with van der Waals surface area (Å²) in [4.78, 5) is 34.2. The smallest absolute Gasteiger partial charge is 0.337 e. The number of rotatable bonds is 10. The number of para-hydroxylation sites is 2. The maximum atomic E-state index is 12.3. The normalized spacial score (nSPS) is 11.0. The van der Waals surface area contributed by atoms with E-state index in [1.807, 2.05) is 36.4 Å². The standard InChI is InChI=1S/C20H17ClN4O3S.C18H12ClN3O4S/c1-25(2)20(26)12-9-11(7-8-13(12)21)19-24-23-16(28-19)10-17-22-18-14(27-3)5-4-6-15(18)29-17;1-25-12-3-2-4-13-16(12)20-15(27-13)8-14-21-22-17(26-14)9-5-6-11(19)10(7-9)18(23)24/h4-9H,10H2,1-3H3;2-7H,8H2,1H3,(H,23,24). The fraction of sp³-hybridized carbons (Fsp3) is 0.158. The Kier molecular flexibility index (Phi) is 11.2. The number of nitrogens with zero attached hydrogens (tertiary/aromatic N) is 7. The lowest BCUT2D eigenvalue weighted by atomic mass is 10.1. The zero-order valence-corrected chi connectivity index (χ0v) is 33.1. The van der Waals surface area contributed by atoms with E-state index in [9.17, 15) is 14.7 Å². The first kappa shape index (κ1) is 38.3. The predicted octanol–water partition coefficient (Wildman–Crippen LogP) is 8.60. The fourth-order valence-corrected chi connectivity index (χ4v) is 7.80. The Morgan fingerprint density at radius 3 is 1.61 bits per heavy atom. The van der Waals surface area contributed by atoms with Crippen molar-refractivity contribution in [1.29, 1.82) is 0 Å². The molecule has 14 nitrogen and oxygen atoms in total. The zero-order valence-electron chi connectivity index (χ0n) is 29.9. The minimum Gasteiger partial charge on any atom is -0.494 e. The number of carbonyl (C=O) groups excluding carboxylic acids is 1. The Hall–Kier alpha value is -5.94. The van der Waals surface area contributed by atoms with Crippen LogP contribution in [0, 0.1) is 0 Å². The largest absolute Gasteiger partial charge is 0.494 e. The Morgan fingerprint density at radius 2 is 1.16 bits per heavy atom. The highest BCUT2D eigenvalue weighted by Crippen LogP contribution is 2.33. The number of halogens is 2. The number of hydrogen-bond acceptors (Lipinski definition) is 14. The van der Waals surface area contributed by atoms with Crippen molar-refractivity contribution in [3.05, 3.63) is 116 Å². The molecule has 1 amide bonds. The van der Waals surface area contributed by atoms with Crippen molar-refractivity contribution in [2.24, 2.45) is 0 Å². The third-order valence-electron chi connectivity index (χ3n) is 8.12. The molecule has 0 atom stereocenters. The van der Waals surface area contributed by atoms with E-state index >= 15 is 0 Å². The van der Waals surface area contributed by atoms with E-state index in [1.165, 1.54) is 28.4 Å². The molecule has 0 spiro atoms. The van der Waals surface area contributed by atoms with Gasteiger partial charge in [0.25, 0.3) is 5.91 Å². The topological polar surface area (TPSA) is 180 Å². The van der Waals surface area contributed by atoms with Crippen molar-refractivity contribution in [2.45, 2.75) is 12.8 Å². The lowest BCUT2D eigenvalue weighted by Gasteiger charge is -2.11. The lowest BCUT2D eigenvalue weighted by Crippen LogP contribution is -2.22. The van der Waals surface area contributed by atoms with Gasteiger partial charge in [-0.25, -0.2) is 14.8 Å². The number of thiazole rings is 2. The second kappa shape index (κ2) is 16.4. The van der Waals surface area contributed by atoms with Crippen molar-refractivity contribution < 1.29 is 33.0 Å². The molecule has 0 radical (unpaired) electrons. The summed E-state index contributed by atoms with van der Waals surface area (Å²) in [7, 11) is 6.57. The molecule has 8 aromatic rings. The molecule has 1 N–H and O–H groups in total. The van der Waals surface area contributed by atoms with Crippen LogP contribution < -0.4 is 9.47 Å². The molecule has 8 rings (SSSR count). The van der Waals surface area contributed by atoms with E-state index in [1.54, 1.807) is 63.9 Å². The number of methoxy groups -OCH3 is 2. The van der Waals surface area contributed by atoms with Crippen molar-refractivity contribution in [3.8, 4) is 34.4 Å². The highest BCUT2D eigenvalue weighted by atomic mass is 35.5. The molecule has 0 bridgehead atoms. The van der Waals surface area contributed by atoms with Gasteiger partial charge < -0.3 is 28.3 Å². The summed E-state index contributed by atoms with van der Waals surface area (Å²) in [5.74, 6) is 1.50. The summed E-state index contributed by atoms with van der Waals surface area (Å²) in [6, 6.07) is 21.1. The number of ether oxygens (including phenoxy) is 2. The van der Waals surface area contributed by atoms with Crippen molar-refractivity contribution >= 4 is 78.2 Å². The Bertz CT molecular complexity index is 2730. The number of carboxylic acid groups (broad SMARTS) is 1. The van der Waals surface area contributed by atoms with Gasteiger partial charge in [0.15, 0.2) is 0 Å². The van der Waals surface area contributed by atoms with Gasteiger partial charge >= 0.3 is 5.97 Å². The molecule has 0 aliphatic carbocycles. The minimum absolute atomic E-state index is 0.0211. The summed E-state index contributed by atoms with van der Waals surface area (Å²) in [6.07, 6.45) is 0.779. The molecule has 0 unspecified atom stereocenters. The number of carboxylic acids is 1. The zero-order chi connectivity index (χ0) is 39.5. The molecule has 4 aromatic heterocycles. The van der Waals surface area contributed by atoms with E-state index in [0.717, 1.165) is 36.2 Å². The molecule has 0 fully saturated rings. The Morgan fingerprint density at radius 1 is 0.696 bits per heavy atom. The molecule has 56 heavy (non-hydrogen) atoms. The average molecular weight is 831 g/mol. The highest BCUT2D eigenvalue weighted by Gasteiger charge is 2.19. The molecule has 4 aromatic carbocycles. The van der Waals surface area contributed by atoms with Gasteiger partial charge in [-0.2, -0.15) is 0 Å². The van der Waals surface area contributed by atoms with Gasteiger partial charge in [-0.05, 0) is 60.7 Å². The van der Waals surface area contributed by atoms with Crippen molar-refractivity contribution in [2.75, 3.05) is 28.3 Å². The highest BCUT2D eigenvalue weighted by molar-refractivity contribution is 7.19. The maximum absolute atomic E-state index is 12.3. The summed E-state index contributed by atoms with van der Waals surface area (Å²) in [5, 5.41) is 27.6. The lowest BCUT2D eigenvalue weighted by molar-refractivity contribution is 0.0696. The van der Waals surface area contributed by atoms with Crippen LogP contribution in [-0.2, 0) is 12.8 Å². The van der Waals surface area contributed by atoms with Crippen LogP contribution in [-0.4, -0.2) is 80.6 Å². The number of fused-ring (bicyclic) bond motifs is 2. The van der Waals surface area contributed by atoms with Crippen molar-refractivity contribution in [3.63, 3.8) is 0 Å². The number of aromatic carboxylic acids is 1. The van der Waals surface area contributed by atoms with Gasteiger partial charge in [-0.3, -0.25) is 4.79 Å². The van der Waals surface area contributed by atoms with E-state index in [2.05, 4.69) is 30.4 Å². The molecule has 0 saturated heterocycles. The van der Waals surface area contributed by atoms with Gasteiger partial charge in [-0.1, -0.05) is 35.3 Å². The van der Waals surface area contributed by atoms with E-state index in [0.29, 0.717) is 58.0 Å². The third-order valence-corrected chi connectivity index (χ3v) is 10.8. The third kappa shape index (κ3) is 8.18. The molecule has 0 saturated carbocycles. The first-order valence-electron chi connectivity index (χ1n) is 16.6. The minimum atomic E-state index is -1.12. The van der Waals surface area contributed by atoms with Gasteiger partial charge in [0.2, 0.25) is 23.6 Å². The van der Waals surface area contributed by atoms with Crippen LogP contribution in [0.1, 0.15) is 42.5 Å². The Balaban J connectivity index is 0.000000172. The summed E-state index contributed by atoms with van der Waals surface area (Å²) >= 11 is 15.1. The van der Waals surface area contributed by atoms with E-state index in [-0.39, 0.29) is 22.4 Å². The van der Waals surface area contributed by atoms with Crippen LogP contribution in [0.2, 0.25) is 10.0 Å². The first-order valence-corrected chi connectivity index (χ1v) is 18.9. The van der Waals surface area contributed by atoms with Crippen LogP contribution in [0.4, 0.5) is 0 Å². The molecular formula is C38H29Cl2N7O7S2. The van der Waals surface area contributed by atoms with Crippen LogP contribution in [0.15, 0.2) is 81.6 Å². The molecular weight excluding hydrogens is 801 g/mol. The summed E-state index contributed by atoms with van der Waals surface area (Å²) in [5.41, 5.74) is 3.09. The van der Waals surface area contributed by atoms with E-state index in [4.69, 9.17) is 41.5 Å². The van der Waals surface area contributed by atoms with E-state index < -0.39 is 5.97 Å². The number of benzene rings is 4. The SMILES string of the molecule is COc1cccc2sc(Cc3nnc(-c4ccc(Cl)c(C(=O)N(C)C)c4)o3)nc12.COc1cccc2sc(Cc3nnc(-c4ccc(Cl)c(C(=O)O)c4)o3)nc12. The van der Waals surface area contributed by atoms with Crippen LogP contribution in [0.3, 0.4) is 0 Å². The fourth-order valence-electron chi connectivity index (χ4n) is 5.45. The van der Waals surface area contributed by atoms with Gasteiger partial charge in [0.05, 0.1) is 57.6 Å². The molecule has 0 aliphatic heterocycles. The molecule has 284 valence electrons. The van der Waals surface area contributed by atoms with Crippen LogP contribution in [0.25, 0.3) is 43.3 Å². The summed E-state index contributed by atoms with van der Waals surface area (Å²) < 4.78 is 24.2. The van der Waals surface area contributed by atoms with Crippen molar-refractivity contribution in [1.82, 2.24) is 35.3 Å². The average Bonchev–Trinajstić information content (AvgIpc) is 4.02. The Labute approximate surface area is 336 Å². The van der Waals surface area contributed by atoms with Gasteiger partial charge in [-0.15, -0.1) is 43.1 Å². The molecule has 18 heteroatoms. The maximum Gasteiger partial charge on any atom is 0.337 e. The van der Waals surface area contributed by atoms with Crippen LogP contribution >= 0.6 is 45.9 Å². The number of hydrogen-bond donors (Lipinski definition) is 1. The number of aromatic nitrogens is 6. The quantitative estimate of drug-likeness (QED) is 0.139. The van der Waals surface area contributed by atoms with Gasteiger partial charge in [0.1, 0.15) is 32.5 Å². The molecule has 0 aliphatic rings. The monoisotopic (exact) mass is 829 g/mol. The molecule has 4 heterocycles. The van der Waals surface area contributed by atoms with Gasteiger partial charge in [0, 0.05) is 25.2 Å². The van der Waals surface area contributed by atoms with Crippen LogP contribution in [0.5, 0.6) is 11.5 Å². The first-order chi connectivity index (χ1) is 27.0. The summed E-state index contributed by atoms with van der Waals surface area (Å²) in [6.45, 7) is 0. The number of amides is 1. The second-order valence-electron chi connectivity index (χ2n) is 12.1.